The van der Waals surface area contributed by atoms with E-state index >= 15 is 0 Å². The Bertz CT molecular complexity index is 568. The van der Waals surface area contributed by atoms with E-state index in [0.717, 1.165) is 0 Å². The maximum atomic E-state index is 11.2. The number of carboxylic acids is 1. The van der Waals surface area contributed by atoms with Crippen LogP contribution in [0.3, 0.4) is 0 Å². The third-order valence-electron chi connectivity index (χ3n) is 2.54. The fourth-order valence-electron chi connectivity index (χ4n) is 1.69. The highest BCUT2D eigenvalue weighted by Crippen LogP contribution is 2.25. The monoisotopic (exact) mass is 245 g/mol. The summed E-state index contributed by atoms with van der Waals surface area (Å²) >= 11 is 0. The van der Waals surface area contributed by atoms with Crippen LogP contribution < -0.4 is 0 Å². The number of aromatic nitrogens is 3. The van der Waals surface area contributed by atoms with E-state index in [9.17, 15) is 9.90 Å². The molecule has 0 aliphatic carbocycles. The molecular formula is C13H15N3O2. The van der Waals surface area contributed by atoms with E-state index in [1.165, 1.54) is 10.9 Å². The van der Waals surface area contributed by atoms with Gasteiger partial charge in [-0.25, -0.2) is 14.5 Å². The van der Waals surface area contributed by atoms with Gasteiger partial charge in [-0.15, -0.1) is 0 Å². The molecule has 2 rings (SSSR count). The summed E-state index contributed by atoms with van der Waals surface area (Å²) in [4.78, 5) is 15.4. The van der Waals surface area contributed by atoms with Gasteiger partial charge in [-0.05, 0) is 12.1 Å². The highest BCUT2D eigenvalue weighted by atomic mass is 16.4. The number of rotatable bonds is 2. The van der Waals surface area contributed by atoms with Crippen molar-refractivity contribution in [1.82, 2.24) is 14.8 Å². The molecular weight excluding hydrogens is 230 g/mol. The largest absolute Gasteiger partial charge is 0.478 e. The van der Waals surface area contributed by atoms with E-state index < -0.39 is 5.97 Å². The number of carboxylic acid groups (broad SMARTS) is 1. The molecule has 0 amide bonds. The van der Waals surface area contributed by atoms with Gasteiger partial charge in [0.2, 0.25) is 0 Å². The maximum absolute atomic E-state index is 11.2. The molecule has 94 valence electrons. The number of hydrogen-bond acceptors (Lipinski definition) is 3. The lowest BCUT2D eigenvalue weighted by Gasteiger charge is -2.15. The molecule has 0 aromatic carbocycles. The van der Waals surface area contributed by atoms with Crippen LogP contribution in [0.15, 0.2) is 30.6 Å². The van der Waals surface area contributed by atoms with Crippen LogP contribution in [-0.2, 0) is 5.41 Å². The Kier molecular flexibility index (Phi) is 2.90. The Morgan fingerprint density at radius 2 is 2.06 bits per heavy atom. The van der Waals surface area contributed by atoms with Crippen LogP contribution in [0, 0.1) is 0 Å². The third-order valence-corrected chi connectivity index (χ3v) is 2.54. The summed E-state index contributed by atoms with van der Waals surface area (Å²) in [6.07, 6.45) is 3.15. The van der Waals surface area contributed by atoms with Crippen LogP contribution in [-0.4, -0.2) is 25.8 Å². The Labute approximate surface area is 105 Å². The van der Waals surface area contributed by atoms with Crippen molar-refractivity contribution in [3.63, 3.8) is 0 Å². The van der Waals surface area contributed by atoms with Crippen LogP contribution in [0.4, 0.5) is 0 Å². The third kappa shape index (κ3) is 2.25. The molecule has 2 heterocycles. The summed E-state index contributed by atoms with van der Waals surface area (Å²) in [5.41, 5.74) is 0.446. The van der Waals surface area contributed by atoms with Crippen LogP contribution in [0.1, 0.15) is 36.8 Å². The van der Waals surface area contributed by atoms with Crippen LogP contribution in [0.2, 0.25) is 0 Å². The maximum Gasteiger partial charge on any atom is 0.339 e. The topological polar surface area (TPSA) is 68.0 Å². The first-order valence-electron chi connectivity index (χ1n) is 5.64. The van der Waals surface area contributed by atoms with E-state index in [-0.39, 0.29) is 11.0 Å². The first-order chi connectivity index (χ1) is 8.39. The molecule has 0 radical (unpaired) electrons. The van der Waals surface area contributed by atoms with Gasteiger partial charge in [0.15, 0.2) is 5.82 Å². The molecule has 0 saturated heterocycles. The van der Waals surface area contributed by atoms with Gasteiger partial charge in [0, 0.05) is 17.8 Å². The SMILES string of the molecule is CC(C)(C)c1nn(-c2ccccn2)cc1C(=O)O. The van der Waals surface area contributed by atoms with E-state index in [4.69, 9.17) is 0 Å². The molecule has 0 aliphatic heterocycles. The van der Waals surface area contributed by atoms with E-state index in [1.807, 2.05) is 26.8 Å². The van der Waals surface area contributed by atoms with Gasteiger partial charge in [0.25, 0.3) is 0 Å². The first kappa shape index (κ1) is 12.3. The van der Waals surface area contributed by atoms with Gasteiger partial charge in [0.05, 0.1) is 5.69 Å². The molecule has 5 heteroatoms. The van der Waals surface area contributed by atoms with Gasteiger partial charge in [-0.1, -0.05) is 26.8 Å². The van der Waals surface area contributed by atoms with Gasteiger partial charge in [-0.3, -0.25) is 0 Å². The first-order valence-corrected chi connectivity index (χ1v) is 5.64. The summed E-state index contributed by atoms with van der Waals surface area (Å²) in [6.45, 7) is 5.81. The van der Waals surface area contributed by atoms with Crippen molar-refractivity contribution in [2.24, 2.45) is 0 Å². The normalized spacial score (nSPS) is 11.5. The van der Waals surface area contributed by atoms with E-state index in [0.29, 0.717) is 11.5 Å². The molecule has 1 N–H and O–H groups in total. The molecule has 5 nitrogen and oxygen atoms in total. The van der Waals surface area contributed by atoms with Crippen LogP contribution in [0.25, 0.3) is 5.82 Å². The highest BCUT2D eigenvalue weighted by Gasteiger charge is 2.26. The molecule has 0 bridgehead atoms. The Morgan fingerprint density at radius 1 is 1.33 bits per heavy atom. The van der Waals surface area contributed by atoms with Gasteiger partial charge >= 0.3 is 5.97 Å². The predicted octanol–water partition coefficient (Wildman–Crippen LogP) is 2.26. The Hall–Kier alpha value is -2.17. The summed E-state index contributed by atoms with van der Waals surface area (Å²) < 4.78 is 1.50. The number of carbonyl (C=O) groups is 1. The minimum Gasteiger partial charge on any atom is -0.478 e. The van der Waals surface area contributed by atoms with Crippen molar-refractivity contribution < 1.29 is 9.90 Å². The van der Waals surface area contributed by atoms with Gasteiger partial charge in [-0.2, -0.15) is 5.10 Å². The van der Waals surface area contributed by atoms with E-state index in [2.05, 4.69) is 10.1 Å². The fourth-order valence-corrected chi connectivity index (χ4v) is 1.69. The summed E-state index contributed by atoms with van der Waals surface area (Å²) in [5.74, 6) is -0.363. The lowest BCUT2D eigenvalue weighted by Crippen LogP contribution is -2.16. The van der Waals surface area contributed by atoms with Crippen molar-refractivity contribution in [3.05, 3.63) is 41.9 Å². The Morgan fingerprint density at radius 3 is 2.50 bits per heavy atom. The van der Waals surface area contributed by atoms with Gasteiger partial charge < -0.3 is 5.11 Å². The second-order valence-electron chi connectivity index (χ2n) is 5.08. The molecule has 2 aromatic rings. The van der Waals surface area contributed by atoms with Crippen molar-refractivity contribution in [1.29, 1.82) is 0 Å². The van der Waals surface area contributed by atoms with Crippen molar-refractivity contribution >= 4 is 5.97 Å². The molecule has 18 heavy (non-hydrogen) atoms. The Balaban J connectivity index is 2.57. The summed E-state index contributed by atoms with van der Waals surface area (Å²) in [5, 5.41) is 13.6. The van der Waals surface area contributed by atoms with E-state index in [1.54, 1.807) is 18.3 Å². The standard InChI is InChI=1S/C13H15N3O2/c1-13(2,3)11-9(12(17)18)8-16(15-11)10-6-4-5-7-14-10/h4-8H,1-3H3,(H,17,18). The van der Waals surface area contributed by atoms with Crippen LogP contribution in [0.5, 0.6) is 0 Å². The number of hydrogen-bond donors (Lipinski definition) is 1. The second-order valence-corrected chi connectivity index (χ2v) is 5.08. The number of aromatic carboxylic acids is 1. The van der Waals surface area contributed by atoms with Crippen molar-refractivity contribution in [2.45, 2.75) is 26.2 Å². The lowest BCUT2D eigenvalue weighted by molar-refractivity contribution is 0.0694. The smallest absolute Gasteiger partial charge is 0.339 e. The summed E-state index contributed by atoms with van der Waals surface area (Å²) in [6, 6.07) is 5.42. The van der Waals surface area contributed by atoms with Gasteiger partial charge in [0.1, 0.15) is 5.56 Å². The zero-order valence-electron chi connectivity index (χ0n) is 10.6. The molecule has 0 saturated carbocycles. The molecule has 0 fully saturated rings. The molecule has 2 aromatic heterocycles. The molecule has 0 atom stereocenters. The predicted molar refractivity (Wildman–Crippen MR) is 67.0 cm³/mol. The minimum absolute atomic E-state index is 0.216. The minimum atomic E-state index is -0.970. The number of pyridine rings is 1. The van der Waals surface area contributed by atoms with Crippen molar-refractivity contribution in [2.75, 3.05) is 0 Å². The number of nitrogens with zero attached hydrogens (tertiary/aromatic N) is 3. The zero-order valence-corrected chi connectivity index (χ0v) is 10.6. The quantitative estimate of drug-likeness (QED) is 0.881. The summed E-state index contributed by atoms with van der Waals surface area (Å²) in [7, 11) is 0. The van der Waals surface area contributed by atoms with Crippen molar-refractivity contribution in [3.8, 4) is 5.82 Å². The zero-order chi connectivity index (χ0) is 13.3. The second kappa shape index (κ2) is 4.25. The van der Waals surface area contributed by atoms with Crippen LogP contribution >= 0.6 is 0 Å². The average molecular weight is 245 g/mol. The lowest BCUT2D eigenvalue weighted by atomic mass is 9.90. The fraction of sp³-hybridized carbons (Fsp3) is 0.308. The molecule has 0 aliphatic rings. The highest BCUT2D eigenvalue weighted by molar-refractivity contribution is 5.89. The average Bonchev–Trinajstić information content (AvgIpc) is 2.74. The molecule has 0 spiro atoms. The molecule has 0 unspecified atom stereocenters.